The molecule has 338 valence electrons. The summed E-state index contributed by atoms with van der Waals surface area (Å²) in [6.45, 7) is 15.0. The van der Waals surface area contributed by atoms with Gasteiger partial charge in [0.1, 0.15) is 0 Å². The molecule has 1 saturated heterocycles. The van der Waals surface area contributed by atoms with E-state index in [9.17, 15) is 9.59 Å². The maximum Gasteiger partial charge on any atom is 0.305 e. The van der Waals surface area contributed by atoms with Crippen LogP contribution in [0.1, 0.15) is 259 Å². The number of rotatable bonds is 44. The summed E-state index contributed by atoms with van der Waals surface area (Å²) < 4.78 is 17.7. The third-order valence-corrected chi connectivity index (χ3v) is 12.7. The number of likely N-dealkylation sites (tertiary alicyclic amines) is 1. The van der Waals surface area contributed by atoms with Crippen LogP contribution in [0.5, 0.6) is 0 Å². The van der Waals surface area contributed by atoms with Crippen molar-refractivity contribution in [1.82, 2.24) is 4.90 Å². The number of nitrogens with zero attached hydrogens (tertiary/aromatic N) is 1. The third kappa shape index (κ3) is 35.3. The molecule has 0 atom stereocenters. The van der Waals surface area contributed by atoms with Crippen LogP contribution in [0.2, 0.25) is 0 Å². The van der Waals surface area contributed by atoms with Crippen LogP contribution in [-0.2, 0) is 23.8 Å². The van der Waals surface area contributed by atoms with E-state index in [0.717, 1.165) is 57.0 Å². The monoisotopic (exact) mass is 806 g/mol. The van der Waals surface area contributed by atoms with Crippen LogP contribution < -0.4 is 0 Å². The molecular weight excluding hydrogens is 707 g/mol. The first kappa shape index (κ1) is 53.9. The Morgan fingerprint density at radius 1 is 0.421 bits per heavy atom. The van der Waals surface area contributed by atoms with Gasteiger partial charge in [-0.2, -0.15) is 0 Å². The lowest BCUT2D eigenvalue weighted by atomic mass is 9.93. The molecule has 1 aliphatic rings. The summed E-state index contributed by atoms with van der Waals surface area (Å²) in [6.07, 6.45) is 43.5. The summed E-state index contributed by atoms with van der Waals surface area (Å²) in [4.78, 5) is 27.2. The second-order valence-corrected chi connectivity index (χ2v) is 18.1. The van der Waals surface area contributed by atoms with E-state index in [0.29, 0.717) is 32.2 Å². The van der Waals surface area contributed by atoms with Gasteiger partial charge in [0.25, 0.3) is 0 Å². The zero-order valence-corrected chi connectivity index (χ0v) is 38.9. The highest BCUT2D eigenvalue weighted by Crippen LogP contribution is 2.22. The van der Waals surface area contributed by atoms with Gasteiger partial charge in [0, 0.05) is 19.4 Å². The van der Waals surface area contributed by atoms with E-state index < -0.39 is 0 Å². The molecule has 1 heterocycles. The van der Waals surface area contributed by atoms with Gasteiger partial charge in [0.05, 0.1) is 19.3 Å². The summed E-state index contributed by atoms with van der Waals surface area (Å²) >= 11 is 0. The largest absolute Gasteiger partial charge is 0.466 e. The quantitative estimate of drug-likeness (QED) is 0.0451. The number of carbonyl (C=O) groups is 2. The fourth-order valence-electron chi connectivity index (χ4n) is 8.72. The Hall–Kier alpha value is -1.14. The zero-order valence-electron chi connectivity index (χ0n) is 38.9. The van der Waals surface area contributed by atoms with Crippen LogP contribution in [-0.4, -0.2) is 62.4 Å². The van der Waals surface area contributed by atoms with Crippen LogP contribution in [0.25, 0.3) is 0 Å². The fourth-order valence-corrected chi connectivity index (χ4v) is 8.72. The van der Waals surface area contributed by atoms with Crippen molar-refractivity contribution >= 4 is 11.9 Å². The van der Waals surface area contributed by atoms with Gasteiger partial charge >= 0.3 is 11.9 Å². The van der Waals surface area contributed by atoms with E-state index in [1.807, 2.05) is 0 Å². The average molecular weight is 806 g/mol. The number of unbranched alkanes of at least 4 members (excludes halogenated alkanes) is 17. The van der Waals surface area contributed by atoms with Crippen molar-refractivity contribution in [2.24, 2.45) is 11.8 Å². The predicted molar refractivity (Wildman–Crippen MR) is 244 cm³/mol. The molecule has 1 aliphatic heterocycles. The molecule has 0 N–H and O–H groups in total. The standard InChI is InChI=1S/C51H99NO5/c1-5-9-31-47(32-10-6-2)39-45-56-50(53)37-25-21-17-13-15-19-23-35-49(55-44-30-29-43-52-41-27-28-42-52)36-24-20-16-14-18-22-26-38-51(54)57-46-40-48(33-11-7-3)34-12-8-4/h47-49H,5-46H2,1-4H3. The van der Waals surface area contributed by atoms with Gasteiger partial charge in [-0.1, -0.05) is 182 Å². The maximum absolute atomic E-state index is 12.3. The van der Waals surface area contributed by atoms with Crippen molar-refractivity contribution < 1.29 is 23.8 Å². The summed E-state index contributed by atoms with van der Waals surface area (Å²) in [7, 11) is 0. The molecule has 57 heavy (non-hydrogen) atoms. The topological polar surface area (TPSA) is 65.1 Å². The Bertz CT molecular complexity index is 789. The Kier molecular flexibility index (Phi) is 39.3. The maximum atomic E-state index is 12.3. The van der Waals surface area contributed by atoms with Gasteiger partial charge < -0.3 is 19.1 Å². The van der Waals surface area contributed by atoms with Crippen molar-refractivity contribution in [3.8, 4) is 0 Å². The van der Waals surface area contributed by atoms with E-state index in [1.165, 1.54) is 199 Å². The average Bonchev–Trinajstić information content (AvgIpc) is 3.74. The Morgan fingerprint density at radius 2 is 0.807 bits per heavy atom. The molecule has 0 amide bonds. The van der Waals surface area contributed by atoms with E-state index in [1.54, 1.807) is 0 Å². The van der Waals surface area contributed by atoms with Crippen molar-refractivity contribution in [3.63, 3.8) is 0 Å². The zero-order chi connectivity index (χ0) is 41.3. The number of hydrogen-bond donors (Lipinski definition) is 0. The van der Waals surface area contributed by atoms with E-state index in [-0.39, 0.29) is 11.9 Å². The van der Waals surface area contributed by atoms with Gasteiger partial charge in [-0.15, -0.1) is 0 Å². The molecule has 0 spiro atoms. The number of hydrogen-bond acceptors (Lipinski definition) is 6. The van der Waals surface area contributed by atoms with E-state index in [4.69, 9.17) is 14.2 Å². The molecule has 1 fully saturated rings. The van der Waals surface area contributed by atoms with Crippen LogP contribution in [0.3, 0.4) is 0 Å². The van der Waals surface area contributed by atoms with Gasteiger partial charge in [0.2, 0.25) is 0 Å². The molecule has 0 aliphatic carbocycles. The van der Waals surface area contributed by atoms with E-state index >= 15 is 0 Å². The van der Waals surface area contributed by atoms with Crippen molar-refractivity contribution in [2.75, 3.05) is 39.5 Å². The molecule has 0 unspecified atom stereocenters. The SMILES string of the molecule is CCCCC(CCCC)CCOC(=O)CCCCCCCCCC(CCCCCCCCCC(=O)OCCC(CCCC)CCCC)OCCCCN1CCCC1. The summed E-state index contributed by atoms with van der Waals surface area (Å²) in [5, 5.41) is 0. The van der Waals surface area contributed by atoms with Gasteiger partial charge in [-0.25, -0.2) is 0 Å². The van der Waals surface area contributed by atoms with Crippen LogP contribution in [0, 0.1) is 11.8 Å². The minimum Gasteiger partial charge on any atom is -0.466 e. The molecule has 0 aromatic carbocycles. The molecular formula is C51H99NO5. The fraction of sp³-hybridized carbons (Fsp3) is 0.961. The number of esters is 2. The molecule has 0 saturated carbocycles. The Labute approximate surface area is 355 Å². The lowest BCUT2D eigenvalue weighted by Crippen LogP contribution is -2.21. The van der Waals surface area contributed by atoms with E-state index in [2.05, 4.69) is 32.6 Å². The van der Waals surface area contributed by atoms with Crippen molar-refractivity contribution in [2.45, 2.75) is 265 Å². The second-order valence-electron chi connectivity index (χ2n) is 18.1. The molecule has 6 heteroatoms. The lowest BCUT2D eigenvalue weighted by molar-refractivity contribution is -0.145. The molecule has 1 rings (SSSR count). The molecule has 6 nitrogen and oxygen atoms in total. The summed E-state index contributed by atoms with van der Waals surface area (Å²) in [6, 6.07) is 0. The summed E-state index contributed by atoms with van der Waals surface area (Å²) in [5.41, 5.74) is 0. The molecule has 0 aromatic heterocycles. The van der Waals surface area contributed by atoms with Gasteiger partial charge in [-0.3, -0.25) is 9.59 Å². The first-order chi connectivity index (χ1) is 28.0. The predicted octanol–water partition coefficient (Wildman–Crippen LogP) is 15.1. The van der Waals surface area contributed by atoms with Crippen molar-refractivity contribution in [3.05, 3.63) is 0 Å². The van der Waals surface area contributed by atoms with Crippen LogP contribution >= 0.6 is 0 Å². The highest BCUT2D eigenvalue weighted by molar-refractivity contribution is 5.69. The van der Waals surface area contributed by atoms with Crippen LogP contribution in [0.15, 0.2) is 0 Å². The first-order valence-electron chi connectivity index (χ1n) is 25.7. The smallest absolute Gasteiger partial charge is 0.305 e. The molecule has 0 aromatic rings. The number of carbonyl (C=O) groups excluding carboxylic acids is 2. The van der Waals surface area contributed by atoms with Gasteiger partial charge in [-0.05, 0) is 95.7 Å². The number of ether oxygens (including phenoxy) is 3. The van der Waals surface area contributed by atoms with Crippen LogP contribution in [0.4, 0.5) is 0 Å². The Morgan fingerprint density at radius 3 is 1.21 bits per heavy atom. The Balaban J connectivity index is 2.16. The minimum atomic E-state index is 0.00926. The van der Waals surface area contributed by atoms with Gasteiger partial charge in [0.15, 0.2) is 0 Å². The normalized spacial score (nSPS) is 13.5. The highest BCUT2D eigenvalue weighted by atomic mass is 16.5. The lowest BCUT2D eigenvalue weighted by Gasteiger charge is -2.19. The highest BCUT2D eigenvalue weighted by Gasteiger charge is 2.14. The molecule has 0 bridgehead atoms. The first-order valence-corrected chi connectivity index (χ1v) is 25.7. The minimum absolute atomic E-state index is 0.00926. The molecule has 0 radical (unpaired) electrons. The summed E-state index contributed by atoms with van der Waals surface area (Å²) in [5.74, 6) is 1.46. The third-order valence-electron chi connectivity index (χ3n) is 12.7. The second kappa shape index (κ2) is 41.6. The van der Waals surface area contributed by atoms with Crippen molar-refractivity contribution in [1.29, 1.82) is 0 Å².